The normalized spacial score (nSPS) is 16.1. The first kappa shape index (κ1) is 12.8. The van der Waals surface area contributed by atoms with Crippen molar-refractivity contribution in [3.8, 4) is 11.5 Å². The van der Waals surface area contributed by atoms with Crippen LogP contribution in [0.5, 0.6) is 0 Å². The highest BCUT2D eigenvalue weighted by atomic mass is 16.5. The molecule has 0 aliphatic carbocycles. The second-order valence-corrected chi connectivity index (χ2v) is 5.11. The molecule has 2 heterocycles. The van der Waals surface area contributed by atoms with E-state index in [1.165, 1.54) is 0 Å². The minimum atomic E-state index is -0.741. The predicted molar refractivity (Wildman–Crippen MR) is 70.9 cm³/mol. The van der Waals surface area contributed by atoms with Crippen LogP contribution < -0.4 is 0 Å². The van der Waals surface area contributed by atoms with Crippen molar-refractivity contribution in [2.24, 2.45) is 5.92 Å². The third-order valence-corrected chi connectivity index (χ3v) is 3.40. The molecule has 0 unspecified atom stereocenters. The van der Waals surface area contributed by atoms with Crippen LogP contribution >= 0.6 is 0 Å². The monoisotopic (exact) mass is 273 g/mol. The highest BCUT2D eigenvalue weighted by molar-refractivity contribution is 5.71. The first-order valence-electron chi connectivity index (χ1n) is 6.46. The zero-order valence-electron chi connectivity index (χ0n) is 11.1. The fourth-order valence-electron chi connectivity index (χ4n) is 2.27. The number of benzene rings is 1. The molecule has 1 aromatic heterocycles. The van der Waals surface area contributed by atoms with Gasteiger partial charge < -0.3 is 9.63 Å². The molecular formula is C14H15N3O3. The van der Waals surface area contributed by atoms with Gasteiger partial charge >= 0.3 is 5.97 Å². The summed E-state index contributed by atoms with van der Waals surface area (Å²) >= 11 is 0. The van der Waals surface area contributed by atoms with Crippen LogP contribution in [-0.2, 0) is 11.3 Å². The number of aromatic nitrogens is 2. The van der Waals surface area contributed by atoms with Crippen molar-refractivity contribution in [2.75, 3.05) is 13.1 Å². The number of carbonyl (C=O) groups is 1. The standard InChI is InChI=1S/C14H15N3O3/c1-9-3-2-4-10(5-9)13-15-12(16-20-13)8-17-6-11(7-17)14(18)19/h2-5,11H,6-8H2,1H3,(H,18,19). The number of aryl methyl sites for hydroxylation is 1. The van der Waals surface area contributed by atoms with Gasteiger partial charge in [0.15, 0.2) is 5.82 Å². The van der Waals surface area contributed by atoms with Crippen molar-refractivity contribution in [3.05, 3.63) is 35.7 Å². The van der Waals surface area contributed by atoms with E-state index in [1.807, 2.05) is 36.1 Å². The molecule has 20 heavy (non-hydrogen) atoms. The molecule has 3 rings (SSSR count). The minimum absolute atomic E-state index is 0.266. The molecule has 6 nitrogen and oxygen atoms in total. The highest BCUT2D eigenvalue weighted by Gasteiger charge is 2.33. The fraction of sp³-hybridized carbons (Fsp3) is 0.357. The van der Waals surface area contributed by atoms with Gasteiger partial charge in [0.05, 0.1) is 12.5 Å². The SMILES string of the molecule is Cc1cccc(-c2nc(CN3CC(C(=O)O)C3)no2)c1. The van der Waals surface area contributed by atoms with Crippen LogP contribution in [0.2, 0.25) is 0 Å². The first-order valence-corrected chi connectivity index (χ1v) is 6.46. The molecule has 0 saturated carbocycles. The van der Waals surface area contributed by atoms with Gasteiger partial charge in [-0.15, -0.1) is 0 Å². The average molecular weight is 273 g/mol. The summed E-state index contributed by atoms with van der Waals surface area (Å²) in [5.41, 5.74) is 2.03. The van der Waals surface area contributed by atoms with E-state index >= 15 is 0 Å². The summed E-state index contributed by atoms with van der Waals surface area (Å²) in [6.07, 6.45) is 0. The van der Waals surface area contributed by atoms with Crippen LogP contribution in [0.4, 0.5) is 0 Å². The Bertz CT molecular complexity index is 632. The van der Waals surface area contributed by atoms with Crippen molar-refractivity contribution in [1.82, 2.24) is 15.0 Å². The molecule has 2 aromatic rings. The Labute approximate surface area is 116 Å². The lowest BCUT2D eigenvalue weighted by molar-refractivity contribution is -0.147. The molecule has 0 bridgehead atoms. The number of nitrogens with zero attached hydrogens (tertiary/aromatic N) is 3. The van der Waals surface area contributed by atoms with Crippen molar-refractivity contribution in [2.45, 2.75) is 13.5 Å². The lowest BCUT2D eigenvalue weighted by atomic mass is 10.0. The van der Waals surface area contributed by atoms with Gasteiger partial charge in [-0.25, -0.2) is 0 Å². The number of rotatable bonds is 4. The molecule has 0 amide bonds. The molecule has 1 aromatic carbocycles. The van der Waals surface area contributed by atoms with Gasteiger partial charge in [0.25, 0.3) is 5.89 Å². The quantitative estimate of drug-likeness (QED) is 0.910. The van der Waals surface area contributed by atoms with E-state index < -0.39 is 5.97 Å². The third kappa shape index (κ3) is 2.55. The maximum Gasteiger partial charge on any atom is 0.309 e. The number of hydrogen-bond donors (Lipinski definition) is 1. The summed E-state index contributed by atoms with van der Waals surface area (Å²) in [4.78, 5) is 17.1. The van der Waals surface area contributed by atoms with Crippen molar-refractivity contribution in [1.29, 1.82) is 0 Å². The highest BCUT2D eigenvalue weighted by Crippen LogP contribution is 2.21. The number of hydrogen-bond acceptors (Lipinski definition) is 5. The zero-order valence-corrected chi connectivity index (χ0v) is 11.1. The van der Waals surface area contributed by atoms with Crippen molar-refractivity contribution >= 4 is 5.97 Å². The van der Waals surface area contributed by atoms with Gasteiger partial charge in [-0.1, -0.05) is 22.9 Å². The molecule has 6 heteroatoms. The molecule has 104 valence electrons. The van der Waals surface area contributed by atoms with Crippen LogP contribution in [0.1, 0.15) is 11.4 Å². The zero-order chi connectivity index (χ0) is 14.1. The maximum absolute atomic E-state index is 10.7. The fourth-order valence-corrected chi connectivity index (χ4v) is 2.27. The second-order valence-electron chi connectivity index (χ2n) is 5.11. The summed E-state index contributed by atoms with van der Waals surface area (Å²) < 4.78 is 5.25. The van der Waals surface area contributed by atoms with Gasteiger partial charge in [0.2, 0.25) is 0 Å². The van der Waals surface area contributed by atoms with Crippen LogP contribution in [-0.4, -0.2) is 39.2 Å². The predicted octanol–water partition coefficient (Wildman–Crippen LogP) is 1.56. The molecule has 1 N–H and O–H groups in total. The van der Waals surface area contributed by atoms with Gasteiger partial charge in [-0.05, 0) is 19.1 Å². The Morgan fingerprint density at radius 1 is 1.50 bits per heavy atom. The molecule has 1 aliphatic heterocycles. The topological polar surface area (TPSA) is 79.5 Å². The average Bonchev–Trinajstić information content (AvgIpc) is 2.81. The van der Waals surface area contributed by atoms with Crippen LogP contribution in [0.15, 0.2) is 28.8 Å². The third-order valence-electron chi connectivity index (χ3n) is 3.40. The van der Waals surface area contributed by atoms with Crippen LogP contribution in [0.3, 0.4) is 0 Å². The second kappa shape index (κ2) is 5.05. The summed E-state index contributed by atoms with van der Waals surface area (Å²) in [7, 11) is 0. The Morgan fingerprint density at radius 2 is 2.30 bits per heavy atom. The smallest absolute Gasteiger partial charge is 0.309 e. The van der Waals surface area contributed by atoms with Crippen LogP contribution in [0.25, 0.3) is 11.5 Å². The van der Waals surface area contributed by atoms with E-state index in [0.717, 1.165) is 11.1 Å². The Hall–Kier alpha value is -2.21. The summed E-state index contributed by atoms with van der Waals surface area (Å²) in [6, 6.07) is 7.87. The molecular weight excluding hydrogens is 258 g/mol. The van der Waals surface area contributed by atoms with Gasteiger partial charge in [0, 0.05) is 18.7 Å². The van der Waals surface area contributed by atoms with Gasteiger partial charge in [-0.2, -0.15) is 4.98 Å². The van der Waals surface area contributed by atoms with Crippen LogP contribution in [0, 0.1) is 12.8 Å². The molecule has 0 spiro atoms. The molecule has 0 atom stereocenters. The number of carboxylic acid groups (broad SMARTS) is 1. The van der Waals surface area contributed by atoms with E-state index in [4.69, 9.17) is 9.63 Å². The van der Waals surface area contributed by atoms with E-state index in [1.54, 1.807) is 0 Å². The van der Waals surface area contributed by atoms with E-state index in [0.29, 0.717) is 31.3 Å². The van der Waals surface area contributed by atoms with Crippen molar-refractivity contribution < 1.29 is 14.4 Å². The first-order chi connectivity index (χ1) is 9.61. The molecule has 0 radical (unpaired) electrons. The largest absolute Gasteiger partial charge is 0.481 e. The number of carboxylic acids is 1. The van der Waals surface area contributed by atoms with Gasteiger partial charge in [-0.3, -0.25) is 9.69 Å². The maximum atomic E-state index is 10.7. The Kier molecular flexibility index (Phi) is 3.23. The molecule has 1 aliphatic rings. The van der Waals surface area contributed by atoms with E-state index in [-0.39, 0.29) is 5.92 Å². The lowest BCUT2D eigenvalue weighted by Crippen LogP contribution is -2.49. The number of likely N-dealkylation sites (tertiary alicyclic amines) is 1. The Morgan fingerprint density at radius 3 is 3.00 bits per heavy atom. The Balaban J connectivity index is 1.65. The molecule has 1 fully saturated rings. The van der Waals surface area contributed by atoms with Gasteiger partial charge in [0.1, 0.15) is 0 Å². The summed E-state index contributed by atoms with van der Waals surface area (Å²) in [6.45, 7) is 3.62. The molecule has 1 saturated heterocycles. The summed E-state index contributed by atoms with van der Waals surface area (Å²) in [5, 5.41) is 12.8. The van der Waals surface area contributed by atoms with E-state index in [9.17, 15) is 4.79 Å². The number of aliphatic carboxylic acids is 1. The van der Waals surface area contributed by atoms with E-state index in [2.05, 4.69) is 10.1 Å². The lowest BCUT2D eigenvalue weighted by Gasteiger charge is -2.35. The van der Waals surface area contributed by atoms with Crippen molar-refractivity contribution in [3.63, 3.8) is 0 Å². The minimum Gasteiger partial charge on any atom is -0.481 e. The summed E-state index contributed by atoms with van der Waals surface area (Å²) in [5.74, 6) is 0.0808.